The molecule has 16 heavy (non-hydrogen) atoms. The Morgan fingerprint density at radius 2 is 1.69 bits per heavy atom. The average Bonchev–Trinajstić information content (AvgIpc) is 2.30. The van der Waals surface area contributed by atoms with E-state index in [4.69, 9.17) is 0 Å². The van der Waals surface area contributed by atoms with Gasteiger partial charge in [-0.1, -0.05) is 47.0 Å². The molecular formula is C15H31N. The van der Waals surface area contributed by atoms with Crippen LogP contribution in [0, 0.1) is 17.3 Å². The summed E-state index contributed by atoms with van der Waals surface area (Å²) in [6, 6.07) is 0.704. The average molecular weight is 225 g/mol. The maximum atomic E-state index is 3.60. The van der Waals surface area contributed by atoms with Gasteiger partial charge in [-0.3, -0.25) is 0 Å². The summed E-state index contributed by atoms with van der Waals surface area (Å²) in [5.74, 6) is 1.92. The second kappa shape index (κ2) is 6.05. The largest absolute Gasteiger partial charge is 0.316 e. The van der Waals surface area contributed by atoms with Crippen LogP contribution in [-0.4, -0.2) is 13.1 Å². The van der Waals surface area contributed by atoms with Gasteiger partial charge in [-0.05, 0) is 43.6 Å². The van der Waals surface area contributed by atoms with Gasteiger partial charge in [0.05, 0.1) is 0 Å². The predicted octanol–water partition coefficient (Wildman–Crippen LogP) is 4.23. The van der Waals surface area contributed by atoms with Crippen molar-refractivity contribution in [3.05, 3.63) is 0 Å². The summed E-state index contributed by atoms with van der Waals surface area (Å²) >= 11 is 0. The molecule has 0 heterocycles. The number of nitrogens with one attached hydrogen (secondary N) is 1. The van der Waals surface area contributed by atoms with Crippen molar-refractivity contribution in [1.82, 2.24) is 5.32 Å². The van der Waals surface area contributed by atoms with E-state index >= 15 is 0 Å². The van der Waals surface area contributed by atoms with Crippen molar-refractivity contribution in [2.45, 2.75) is 72.3 Å². The Hall–Kier alpha value is -0.0400. The first-order valence-electron chi connectivity index (χ1n) is 7.22. The smallest absolute Gasteiger partial charge is 0.0143 e. The summed E-state index contributed by atoms with van der Waals surface area (Å²) in [6.07, 6.45) is 8.44. The van der Waals surface area contributed by atoms with Gasteiger partial charge in [0.1, 0.15) is 0 Å². The van der Waals surface area contributed by atoms with Crippen molar-refractivity contribution in [1.29, 1.82) is 0 Å². The Labute approximate surface area is 102 Å². The van der Waals surface area contributed by atoms with Gasteiger partial charge in [-0.25, -0.2) is 0 Å². The Bertz CT molecular complexity index is 190. The summed E-state index contributed by atoms with van der Waals surface area (Å²) in [5, 5.41) is 3.60. The van der Waals surface area contributed by atoms with Gasteiger partial charge in [0.15, 0.2) is 0 Å². The first-order chi connectivity index (χ1) is 7.55. The monoisotopic (exact) mass is 225 g/mol. The van der Waals surface area contributed by atoms with Crippen molar-refractivity contribution in [3.63, 3.8) is 0 Å². The molecule has 0 bridgehead atoms. The second-order valence-electron chi connectivity index (χ2n) is 6.30. The van der Waals surface area contributed by atoms with Crippen LogP contribution >= 0.6 is 0 Å². The maximum absolute atomic E-state index is 3.60. The summed E-state index contributed by atoms with van der Waals surface area (Å²) in [4.78, 5) is 0. The normalized spacial score (nSPS) is 29.1. The van der Waals surface area contributed by atoms with E-state index in [1.165, 1.54) is 38.5 Å². The molecule has 0 aromatic rings. The van der Waals surface area contributed by atoms with E-state index in [1.807, 2.05) is 0 Å². The van der Waals surface area contributed by atoms with Crippen molar-refractivity contribution in [2.24, 2.45) is 17.3 Å². The number of hydrogen-bond acceptors (Lipinski definition) is 1. The predicted molar refractivity (Wildman–Crippen MR) is 72.7 cm³/mol. The second-order valence-corrected chi connectivity index (χ2v) is 6.30. The first kappa shape index (κ1) is 14.0. The van der Waals surface area contributed by atoms with E-state index < -0.39 is 0 Å². The van der Waals surface area contributed by atoms with Crippen LogP contribution in [0.5, 0.6) is 0 Å². The molecule has 0 spiro atoms. The fraction of sp³-hybridized carbons (Fsp3) is 1.00. The zero-order valence-corrected chi connectivity index (χ0v) is 12.0. The minimum absolute atomic E-state index is 0.443. The van der Waals surface area contributed by atoms with Gasteiger partial charge in [-0.15, -0.1) is 0 Å². The lowest BCUT2D eigenvalue weighted by atomic mass is 9.69. The topological polar surface area (TPSA) is 12.0 Å². The third-order valence-corrected chi connectivity index (χ3v) is 5.00. The fourth-order valence-electron chi connectivity index (χ4n) is 3.41. The summed E-state index contributed by atoms with van der Waals surface area (Å²) in [6.45, 7) is 9.50. The molecule has 0 radical (unpaired) electrons. The molecule has 0 amide bonds. The zero-order valence-electron chi connectivity index (χ0n) is 12.0. The molecule has 1 atom stereocenters. The van der Waals surface area contributed by atoms with Crippen LogP contribution in [0.3, 0.4) is 0 Å². The third kappa shape index (κ3) is 3.23. The highest BCUT2D eigenvalue weighted by Gasteiger charge is 2.34. The molecule has 1 saturated carbocycles. The molecule has 0 aromatic heterocycles. The minimum atomic E-state index is 0.443. The Balaban J connectivity index is 2.55. The van der Waals surface area contributed by atoms with E-state index in [0.717, 1.165) is 11.8 Å². The van der Waals surface area contributed by atoms with Gasteiger partial charge < -0.3 is 5.32 Å². The van der Waals surface area contributed by atoms with Crippen molar-refractivity contribution >= 4 is 0 Å². The van der Waals surface area contributed by atoms with E-state index in [1.54, 1.807) is 0 Å². The SMILES string of the molecule is CCC1CCC(C(NC)C(C)(C)CC)CC1. The van der Waals surface area contributed by atoms with Crippen LogP contribution < -0.4 is 5.32 Å². The standard InChI is InChI=1S/C15H31N/c1-6-12-8-10-13(11-9-12)14(16-5)15(3,4)7-2/h12-14,16H,6-11H2,1-5H3. The molecule has 1 nitrogen and oxygen atoms in total. The highest BCUT2D eigenvalue weighted by atomic mass is 14.9. The highest BCUT2D eigenvalue weighted by Crippen LogP contribution is 2.39. The molecule has 1 aliphatic carbocycles. The molecule has 1 aliphatic rings. The van der Waals surface area contributed by atoms with Crippen LogP contribution in [0.1, 0.15) is 66.2 Å². The summed E-state index contributed by atoms with van der Waals surface area (Å²) in [7, 11) is 2.15. The van der Waals surface area contributed by atoms with Gasteiger partial charge >= 0.3 is 0 Å². The van der Waals surface area contributed by atoms with Crippen LogP contribution in [0.15, 0.2) is 0 Å². The molecular weight excluding hydrogens is 194 g/mol. The van der Waals surface area contributed by atoms with Crippen LogP contribution in [-0.2, 0) is 0 Å². The Morgan fingerprint density at radius 1 is 1.12 bits per heavy atom. The van der Waals surface area contributed by atoms with Crippen molar-refractivity contribution in [2.75, 3.05) is 7.05 Å². The fourth-order valence-corrected chi connectivity index (χ4v) is 3.41. The van der Waals surface area contributed by atoms with E-state index in [0.29, 0.717) is 11.5 Å². The Morgan fingerprint density at radius 3 is 2.06 bits per heavy atom. The van der Waals surface area contributed by atoms with Crippen LogP contribution in [0.25, 0.3) is 0 Å². The Kier molecular flexibility index (Phi) is 5.30. The molecule has 1 N–H and O–H groups in total. The molecule has 0 saturated heterocycles. The molecule has 0 aromatic carbocycles. The van der Waals surface area contributed by atoms with E-state index in [2.05, 4.69) is 40.1 Å². The molecule has 1 fully saturated rings. The summed E-state index contributed by atoms with van der Waals surface area (Å²) in [5.41, 5.74) is 0.443. The molecule has 1 rings (SSSR count). The quantitative estimate of drug-likeness (QED) is 0.738. The van der Waals surface area contributed by atoms with Gasteiger partial charge in [0, 0.05) is 6.04 Å². The highest BCUT2D eigenvalue weighted by molar-refractivity contribution is 4.90. The lowest BCUT2D eigenvalue weighted by Crippen LogP contribution is -2.46. The molecule has 1 unspecified atom stereocenters. The lowest BCUT2D eigenvalue weighted by Gasteiger charge is -2.42. The first-order valence-corrected chi connectivity index (χ1v) is 7.22. The molecule has 96 valence electrons. The minimum Gasteiger partial charge on any atom is -0.316 e. The van der Waals surface area contributed by atoms with E-state index in [9.17, 15) is 0 Å². The van der Waals surface area contributed by atoms with Gasteiger partial charge in [0.2, 0.25) is 0 Å². The third-order valence-electron chi connectivity index (χ3n) is 5.00. The van der Waals surface area contributed by atoms with Gasteiger partial charge in [-0.2, -0.15) is 0 Å². The number of hydrogen-bond donors (Lipinski definition) is 1. The lowest BCUT2D eigenvalue weighted by molar-refractivity contribution is 0.128. The number of rotatable bonds is 5. The van der Waals surface area contributed by atoms with Crippen LogP contribution in [0.4, 0.5) is 0 Å². The molecule has 0 aliphatic heterocycles. The van der Waals surface area contributed by atoms with E-state index in [-0.39, 0.29) is 0 Å². The van der Waals surface area contributed by atoms with Crippen LogP contribution in [0.2, 0.25) is 0 Å². The van der Waals surface area contributed by atoms with Crippen molar-refractivity contribution in [3.8, 4) is 0 Å². The van der Waals surface area contributed by atoms with Crippen molar-refractivity contribution < 1.29 is 0 Å². The zero-order chi connectivity index (χ0) is 12.2. The molecule has 1 heteroatoms. The summed E-state index contributed by atoms with van der Waals surface area (Å²) < 4.78 is 0. The van der Waals surface area contributed by atoms with Gasteiger partial charge in [0.25, 0.3) is 0 Å². The maximum Gasteiger partial charge on any atom is 0.0143 e.